The lowest BCUT2D eigenvalue weighted by Crippen LogP contribution is -2.50. The number of nitriles is 1. The highest BCUT2D eigenvalue weighted by atomic mass is 16.6. The van der Waals surface area contributed by atoms with Crippen LogP contribution < -0.4 is 16.1 Å². The van der Waals surface area contributed by atoms with Gasteiger partial charge in [0.2, 0.25) is 0 Å². The van der Waals surface area contributed by atoms with Crippen LogP contribution in [0.15, 0.2) is 41.6 Å². The van der Waals surface area contributed by atoms with E-state index in [0.29, 0.717) is 17.1 Å². The molecule has 1 saturated carbocycles. The molecule has 1 heterocycles. The number of carbonyl (C=O) groups excluding carboxylic acids is 1. The van der Waals surface area contributed by atoms with Crippen LogP contribution in [0.2, 0.25) is 0 Å². The summed E-state index contributed by atoms with van der Waals surface area (Å²) in [5.41, 5.74) is 4.81. The van der Waals surface area contributed by atoms with Crippen LogP contribution in [0.1, 0.15) is 52.0 Å². The molecule has 0 unspecified atom stereocenters. The molecule has 3 rings (SSSR count). The fourth-order valence-electron chi connectivity index (χ4n) is 4.10. The molecule has 1 aromatic carbocycles. The van der Waals surface area contributed by atoms with E-state index >= 15 is 0 Å². The maximum absolute atomic E-state index is 12.7. The molecule has 36 heavy (non-hydrogen) atoms. The molecule has 1 amide bonds. The van der Waals surface area contributed by atoms with Gasteiger partial charge in [-0.2, -0.15) is 10.4 Å². The van der Waals surface area contributed by atoms with Gasteiger partial charge in [-0.3, -0.25) is 5.43 Å². The Morgan fingerprint density at radius 3 is 2.75 bits per heavy atom. The van der Waals surface area contributed by atoms with Crippen molar-refractivity contribution >= 4 is 41.4 Å². The van der Waals surface area contributed by atoms with Gasteiger partial charge in [0.05, 0.1) is 29.2 Å². The molecule has 0 aliphatic heterocycles. The summed E-state index contributed by atoms with van der Waals surface area (Å²) >= 11 is 0. The minimum Gasteiger partial charge on any atom is -0.444 e. The molecule has 1 fully saturated rings. The number of hydrazone groups is 1. The average molecular weight is 491 g/mol. The molecule has 2 aromatic rings. The Labute approximate surface area is 212 Å². The lowest BCUT2D eigenvalue weighted by Gasteiger charge is -2.39. The van der Waals surface area contributed by atoms with Gasteiger partial charge in [-0.1, -0.05) is 18.9 Å². The second kappa shape index (κ2) is 12.0. The summed E-state index contributed by atoms with van der Waals surface area (Å²) in [5, 5.41) is 27.3. The Bertz CT molecular complexity index is 1140. The molecule has 2 atom stereocenters. The largest absolute Gasteiger partial charge is 0.444 e. The number of carbonyl (C=O) groups is 1. The Morgan fingerprint density at radius 2 is 2.03 bits per heavy atom. The minimum absolute atomic E-state index is 0.00350. The second-order valence-corrected chi connectivity index (χ2v) is 9.68. The number of hydrogen-bond acceptors (Lipinski definition) is 9. The van der Waals surface area contributed by atoms with Crippen LogP contribution in [0.3, 0.4) is 0 Å². The number of anilines is 4. The first-order chi connectivity index (χ1) is 17.2. The van der Waals surface area contributed by atoms with E-state index in [0.717, 1.165) is 43.3 Å². The number of nitrogens with one attached hydrogen (secondary N) is 4. The monoisotopic (exact) mass is 490 g/mol. The van der Waals surface area contributed by atoms with E-state index in [1.165, 1.54) is 12.4 Å². The Hall–Kier alpha value is -4.13. The van der Waals surface area contributed by atoms with Crippen molar-refractivity contribution in [2.45, 2.75) is 64.1 Å². The Balaban J connectivity index is 1.77. The number of ether oxygens (including phenoxy) is 1. The van der Waals surface area contributed by atoms with Crippen molar-refractivity contribution in [2.75, 3.05) is 23.1 Å². The fourth-order valence-corrected chi connectivity index (χ4v) is 4.10. The third-order valence-electron chi connectivity index (χ3n) is 5.75. The highest BCUT2D eigenvalue weighted by molar-refractivity contribution is 6.14. The zero-order chi connectivity index (χ0) is 26.1. The Kier molecular flexibility index (Phi) is 8.84. The van der Waals surface area contributed by atoms with E-state index < -0.39 is 5.60 Å². The summed E-state index contributed by atoms with van der Waals surface area (Å²) in [7, 11) is 1.78. The van der Waals surface area contributed by atoms with Gasteiger partial charge in [0, 0.05) is 37.3 Å². The molecule has 0 spiro atoms. The van der Waals surface area contributed by atoms with Crippen molar-refractivity contribution in [3.63, 3.8) is 0 Å². The van der Waals surface area contributed by atoms with Crippen LogP contribution in [0, 0.1) is 16.7 Å². The molecule has 10 nitrogen and oxygen atoms in total. The van der Waals surface area contributed by atoms with E-state index in [4.69, 9.17) is 10.1 Å². The topological polar surface area (TPSA) is 139 Å². The third-order valence-corrected chi connectivity index (χ3v) is 5.75. The van der Waals surface area contributed by atoms with Gasteiger partial charge < -0.3 is 25.7 Å². The van der Waals surface area contributed by atoms with Crippen molar-refractivity contribution in [3.05, 3.63) is 42.1 Å². The number of hydrogen-bond donors (Lipinski definition) is 4. The molecule has 1 aliphatic rings. The maximum atomic E-state index is 12.7. The van der Waals surface area contributed by atoms with Crippen molar-refractivity contribution in [1.29, 1.82) is 10.7 Å². The van der Waals surface area contributed by atoms with Crippen LogP contribution in [-0.4, -0.2) is 53.1 Å². The highest BCUT2D eigenvalue weighted by Gasteiger charge is 2.33. The van der Waals surface area contributed by atoms with Crippen molar-refractivity contribution in [3.8, 4) is 6.07 Å². The number of likely N-dealkylation sites (N-methyl/N-ethyl adjacent to an activating group) is 1. The van der Waals surface area contributed by atoms with Crippen LogP contribution in [0.5, 0.6) is 0 Å². The number of amides is 1. The lowest BCUT2D eigenvalue weighted by atomic mass is 9.89. The van der Waals surface area contributed by atoms with E-state index in [1.807, 2.05) is 51.1 Å². The number of benzene rings is 1. The van der Waals surface area contributed by atoms with Crippen molar-refractivity contribution in [1.82, 2.24) is 9.88 Å². The van der Waals surface area contributed by atoms with E-state index in [1.54, 1.807) is 11.9 Å². The molecule has 0 saturated heterocycles. The molecular weight excluding hydrogens is 456 g/mol. The summed E-state index contributed by atoms with van der Waals surface area (Å²) in [6.07, 6.45) is 7.48. The van der Waals surface area contributed by atoms with E-state index in [2.05, 4.69) is 32.2 Å². The third kappa shape index (κ3) is 7.43. The maximum Gasteiger partial charge on any atom is 0.410 e. The van der Waals surface area contributed by atoms with Gasteiger partial charge in [-0.25, -0.2) is 9.78 Å². The smallest absolute Gasteiger partial charge is 0.410 e. The summed E-state index contributed by atoms with van der Waals surface area (Å²) in [4.78, 5) is 18.8. The first kappa shape index (κ1) is 26.5. The SMILES string of the molecule is CN(C(=O)OC(C)(C)C)[C@H]1CCCC[C@H]1Nc1cc(Nc2cccc(N/N=C\C=N)c2)c(C#N)cn1. The fraction of sp³-hybridized carbons (Fsp3) is 0.423. The van der Waals surface area contributed by atoms with Gasteiger partial charge >= 0.3 is 6.09 Å². The normalized spacial score (nSPS) is 17.6. The lowest BCUT2D eigenvalue weighted by molar-refractivity contribution is 0.0175. The van der Waals surface area contributed by atoms with Gasteiger partial charge in [-0.05, 0) is 51.8 Å². The minimum atomic E-state index is -0.558. The summed E-state index contributed by atoms with van der Waals surface area (Å²) < 4.78 is 5.58. The molecular formula is C26H34N8O2. The first-order valence-electron chi connectivity index (χ1n) is 12.0. The molecule has 10 heteroatoms. The molecule has 0 radical (unpaired) electrons. The van der Waals surface area contributed by atoms with Gasteiger partial charge in [0.1, 0.15) is 17.5 Å². The standard InChI is InChI=1S/C26H34N8O2/c1-26(2,3)36-25(35)34(4)23-11-6-5-10-21(23)32-24-15-22(18(16-28)17-29-24)31-19-8-7-9-20(14-19)33-30-13-12-27/h7-9,12-15,17,21,23,27,33H,5-6,10-11H2,1-4H3,(H2,29,31,32)/b27-12?,30-13-/t21-,23+/m1/s1. The zero-order valence-electron chi connectivity index (χ0n) is 21.2. The number of nitrogens with zero attached hydrogens (tertiary/aromatic N) is 4. The van der Waals surface area contributed by atoms with Crippen LogP contribution in [0.25, 0.3) is 0 Å². The van der Waals surface area contributed by atoms with Gasteiger partial charge in [0.25, 0.3) is 0 Å². The summed E-state index contributed by atoms with van der Waals surface area (Å²) in [6.45, 7) is 5.58. The van der Waals surface area contributed by atoms with Crippen molar-refractivity contribution < 1.29 is 9.53 Å². The molecule has 1 aliphatic carbocycles. The quantitative estimate of drug-likeness (QED) is 0.289. The summed E-state index contributed by atoms with van der Waals surface area (Å²) in [6, 6.07) is 11.4. The number of aromatic nitrogens is 1. The van der Waals surface area contributed by atoms with E-state index in [-0.39, 0.29) is 18.2 Å². The van der Waals surface area contributed by atoms with Crippen LogP contribution in [-0.2, 0) is 4.74 Å². The Morgan fingerprint density at radius 1 is 1.28 bits per heavy atom. The average Bonchev–Trinajstić information content (AvgIpc) is 2.83. The van der Waals surface area contributed by atoms with Crippen molar-refractivity contribution in [2.24, 2.45) is 5.10 Å². The zero-order valence-corrected chi connectivity index (χ0v) is 21.2. The van der Waals surface area contributed by atoms with Crippen LogP contribution in [0.4, 0.5) is 27.7 Å². The van der Waals surface area contributed by atoms with E-state index in [9.17, 15) is 10.1 Å². The molecule has 0 bridgehead atoms. The van der Waals surface area contributed by atoms with Crippen LogP contribution >= 0.6 is 0 Å². The van der Waals surface area contributed by atoms with Gasteiger partial charge in [0.15, 0.2) is 0 Å². The molecule has 190 valence electrons. The first-order valence-corrected chi connectivity index (χ1v) is 12.0. The summed E-state index contributed by atoms with van der Waals surface area (Å²) in [5.74, 6) is 0.621. The predicted octanol–water partition coefficient (Wildman–Crippen LogP) is 5.33. The number of rotatable bonds is 8. The second-order valence-electron chi connectivity index (χ2n) is 9.68. The number of pyridine rings is 1. The molecule has 4 N–H and O–H groups in total. The van der Waals surface area contributed by atoms with Gasteiger partial charge in [-0.15, -0.1) is 0 Å². The predicted molar refractivity (Wildman–Crippen MR) is 143 cm³/mol. The highest BCUT2D eigenvalue weighted by Crippen LogP contribution is 2.29. The molecule has 1 aromatic heterocycles.